The van der Waals surface area contributed by atoms with E-state index in [4.69, 9.17) is 4.74 Å². The first-order valence-electron chi connectivity index (χ1n) is 12.0. The largest absolute Gasteiger partial charge is 0.497 e. The minimum absolute atomic E-state index is 0.275. The fraction of sp³-hybridized carbons (Fsp3) is 0.0625. The lowest BCUT2D eigenvalue weighted by Gasteiger charge is -2.12. The highest BCUT2D eigenvalue weighted by Crippen LogP contribution is 2.38. The molecule has 0 amide bonds. The minimum atomic E-state index is -0.279. The average molecular weight is 491 g/mol. The number of methoxy groups -OCH3 is 1. The molecule has 0 bridgehead atoms. The van der Waals surface area contributed by atoms with Gasteiger partial charge in [0.15, 0.2) is 0 Å². The summed E-state index contributed by atoms with van der Waals surface area (Å²) in [7, 11) is 1.64. The first-order chi connectivity index (χ1) is 18.0. The molecule has 0 N–H and O–H groups in total. The summed E-state index contributed by atoms with van der Waals surface area (Å²) in [5, 5.41) is 0. The lowest BCUT2D eigenvalue weighted by Crippen LogP contribution is -1.97. The Balaban J connectivity index is 1.68. The molecule has 4 aromatic carbocycles. The Morgan fingerprint density at radius 2 is 0.946 bits per heavy atom. The minimum Gasteiger partial charge on any atom is -0.497 e. The zero-order valence-corrected chi connectivity index (χ0v) is 20.5. The van der Waals surface area contributed by atoms with Gasteiger partial charge in [-0.05, 0) is 115 Å². The maximum atomic E-state index is 13.8. The number of nitrogens with zero attached hydrogens (tertiary/aromatic N) is 2. The first kappa shape index (κ1) is 22.8. The summed E-state index contributed by atoms with van der Waals surface area (Å²) < 4.78 is 37.3. The summed E-state index contributed by atoms with van der Waals surface area (Å²) in [5.74, 6) is 0.210. The Morgan fingerprint density at radius 3 is 1.35 bits per heavy atom. The molecule has 2 aromatic heterocycles. The number of fused-ring (bicyclic) bond motifs is 1. The second-order valence-corrected chi connectivity index (χ2v) is 9.05. The van der Waals surface area contributed by atoms with Crippen molar-refractivity contribution in [2.45, 2.75) is 6.92 Å². The number of rotatable bonds is 5. The number of halogens is 2. The van der Waals surface area contributed by atoms with Crippen molar-refractivity contribution in [2.24, 2.45) is 0 Å². The number of ether oxygens (including phenoxy) is 1. The Kier molecular flexibility index (Phi) is 5.61. The molecule has 0 spiro atoms. The highest BCUT2D eigenvalue weighted by atomic mass is 19.1. The maximum absolute atomic E-state index is 13.8. The van der Waals surface area contributed by atoms with Gasteiger partial charge in [-0.25, -0.2) is 8.78 Å². The fourth-order valence-electron chi connectivity index (χ4n) is 4.80. The molecule has 37 heavy (non-hydrogen) atoms. The zero-order valence-electron chi connectivity index (χ0n) is 20.5. The molecule has 0 aliphatic carbocycles. The van der Waals surface area contributed by atoms with Gasteiger partial charge in [-0.3, -0.25) is 0 Å². The van der Waals surface area contributed by atoms with Crippen molar-refractivity contribution < 1.29 is 13.5 Å². The van der Waals surface area contributed by atoms with Crippen LogP contribution in [0.1, 0.15) is 5.56 Å². The summed E-state index contributed by atoms with van der Waals surface area (Å²) >= 11 is 0. The molecule has 6 rings (SSSR count). The maximum Gasteiger partial charge on any atom is 0.123 e. The standard InChI is InChI=1S/C32H24F2N2O/c1-21-3-13-26(14-4-21)35-29(22-5-9-24(33)10-6-22)19-32-31(35)20-30(23-7-11-25(34)12-8-23)36(32)27-15-17-28(37-2)18-16-27/h3-20H,1-2H3. The molecule has 0 atom stereocenters. The van der Waals surface area contributed by atoms with Gasteiger partial charge in [-0.1, -0.05) is 17.7 Å². The summed E-state index contributed by atoms with van der Waals surface area (Å²) in [5.41, 5.74) is 8.75. The second-order valence-electron chi connectivity index (χ2n) is 9.05. The van der Waals surface area contributed by atoms with Crippen LogP contribution in [0.5, 0.6) is 5.75 Å². The van der Waals surface area contributed by atoms with Gasteiger partial charge >= 0.3 is 0 Å². The van der Waals surface area contributed by atoms with E-state index in [0.29, 0.717) is 0 Å². The van der Waals surface area contributed by atoms with E-state index in [2.05, 4.69) is 52.5 Å². The Bertz CT molecular complexity index is 1690. The summed E-state index contributed by atoms with van der Waals surface area (Å²) in [6.45, 7) is 2.06. The molecule has 0 fully saturated rings. The van der Waals surface area contributed by atoms with Crippen LogP contribution in [-0.2, 0) is 0 Å². The van der Waals surface area contributed by atoms with Gasteiger partial charge in [-0.15, -0.1) is 0 Å². The molecule has 3 nitrogen and oxygen atoms in total. The van der Waals surface area contributed by atoms with Gasteiger partial charge < -0.3 is 13.9 Å². The van der Waals surface area contributed by atoms with E-state index >= 15 is 0 Å². The fourth-order valence-corrected chi connectivity index (χ4v) is 4.80. The summed E-state index contributed by atoms with van der Waals surface area (Å²) in [6.07, 6.45) is 0. The van der Waals surface area contributed by atoms with Gasteiger partial charge in [-0.2, -0.15) is 0 Å². The molecular formula is C32H24F2N2O. The molecule has 5 heteroatoms. The van der Waals surface area contributed by atoms with E-state index in [-0.39, 0.29) is 11.6 Å². The number of aromatic nitrogens is 2. The van der Waals surface area contributed by atoms with E-state index in [1.807, 2.05) is 24.3 Å². The number of benzene rings is 4. The van der Waals surface area contributed by atoms with Gasteiger partial charge in [0, 0.05) is 11.4 Å². The van der Waals surface area contributed by atoms with Crippen molar-refractivity contribution in [3.63, 3.8) is 0 Å². The molecule has 0 saturated carbocycles. The van der Waals surface area contributed by atoms with Crippen molar-refractivity contribution in [3.8, 4) is 39.6 Å². The monoisotopic (exact) mass is 490 g/mol. The van der Waals surface area contributed by atoms with Crippen molar-refractivity contribution in [3.05, 3.63) is 126 Å². The van der Waals surface area contributed by atoms with Crippen LogP contribution in [-0.4, -0.2) is 16.2 Å². The van der Waals surface area contributed by atoms with Gasteiger partial charge in [0.05, 0.1) is 29.5 Å². The normalized spacial score (nSPS) is 11.2. The molecule has 0 saturated heterocycles. The third-order valence-corrected chi connectivity index (χ3v) is 6.68. The molecule has 6 aromatic rings. The second kappa shape index (κ2) is 9.10. The lowest BCUT2D eigenvalue weighted by molar-refractivity contribution is 0.415. The molecule has 0 unspecified atom stereocenters. The lowest BCUT2D eigenvalue weighted by atomic mass is 10.1. The van der Waals surface area contributed by atoms with E-state index in [0.717, 1.165) is 50.7 Å². The molecule has 2 heterocycles. The summed E-state index contributed by atoms with van der Waals surface area (Å²) in [6, 6.07) is 33.5. The SMILES string of the molecule is COc1ccc(-n2c(-c3ccc(F)cc3)cc3c2cc(-c2ccc(F)cc2)n3-c2ccc(C)cc2)cc1. The zero-order chi connectivity index (χ0) is 25.5. The summed E-state index contributed by atoms with van der Waals surface area (Å²) in [4.78, 5) is 0. The van der Waals surface area contributed by atoms with Crippen LogP contribution >= 0.6 is 0 Å². The Hall–Kier alpha value is -4.64. The van der Waals surface area contributed by atoms with Crippen LogP contribution in [0.4, 0.5) is 8.78 Å². The van der Waals surface area contributed by atoms with Crippen molar-refractivity contribution in [2.75, 3.05) is 7.11 Å². The Labute approximate surface area is 213 Å². The van der Waals surface area contributed by atoms with Gasteiger partial charge in [0.25, 0.3) is 0 Å². The topological polar surface area (TPSA) is 19.1 Å². The highest BCUT2D eigenvalue weighted by Gasteiger charge is 2.21. The number of hydrogen-bond donors (Lipinski definition) is 0. The highest BCUT2D eigenvalue weighted by molar-refractivity contribution is 5.93. The molecule has 0 radical (unpaired) electrons. The quantitative estimate of drug-likeness (QED) is 0.238. The van der Waals surface area contributed by atoms with Crippen LogP contribution in [0.2, 0.25) is 0 Å². The average Bonchev–Trinajstić information content (AvgIpc) is 3.47. The van der Waals surface area contributed by atoms with Crippen LogP contribution in [0.15, 0.2) is 109 Å². The molecule has 0 aliphatic heterocycles. The number of aryl methyl sites for hydroxylation is 1. The van der Waals surface area contributed by atoms with Crippen LogP contribution < -0.4 is 4.74 Å². The van der Waals surface area contributed by atoms with Crippen LogP contribution in [0, 0.1) is 18.6 Å². The van der Waals surface area contributed by atoms with Crippen LogP contribution in [0.25, 0.3) is 44.9 Å². The molecular weight excluding hydrogens is 466 g/mol. The first-order valence-corrected chi connectivity index (χ1v) is 12.0. The predicted octanol–water partition coefficient (Wildman–Crippen LogP) is 8.35. The van der Waals surface area contributed by atoms with Crippen molar-refractivity contribution in [1.82, 2.24) is 9.13 Å². The smallest absolute Gasteiger partial charge is 0.123 e. The third kappa shape index (κ3) is 4.08. The predicted molar refractivity (Wildman–Crippen MR) is 145 cm³/mol. The third-order valence-electron chi connectivity index (χ3n) is 6.68. The van der Waals surface area contributed by atoms with Crippen molar-refractivity contribution >= 4 is 11.0 Å². The molecule has 0 aliphatic rings. The van der Waals surface area contributed by atoms with Gasteiger partial charge in [0.1, 0.15) is 17.4 Å². The van der Waals surface area contributed by atoms with E-state index < -0.39 is 0 Å². The van der Waals surface area contributed by atoms with E-state index in [1.165, 1.54) is 29.8 Å². The van der Waals surface area contributed by atoms with E-state index in [9.17, 15) is 8.78 Å². The van der Waals surface area contributed by atoms with Crippen molar-refractivity contribution in [1.29, 1.82) is 0 Å². The Morgan fingerprint density at radius 1 is 0.541 bits per heavy atom. The van der Waals surface area contributed by atoms with E-state index in [1.54, 1.807) is 31.4 Å². The molecule has 182 valence electrons. The van der Waals surface area contributed by atoms with Gasteiger partial charge in [0.2, 0.25) is 0 Å². The number of hydrogen-bond acceptors (Lipinski definition) is 1. The van der Waals surface area contributed by atoms with Crippen LogP contribution in [0.3, 0.4) is 0 Å².